The molecule has 0 fully saturated rings. The zero-order chi connectivity index (χ0) is 26.7. The van der Waals surface area contributed by atoms with Crippen LogP contribution in [0.4, 0.5) is 18.9 Å². The highest BCUT2D eigenvalue weighted by Crippen LogP contribution is 2.36. The number of carbonyl (C=O) groups excluding carboxylic acids is 1. The molecule has 3 aromatic carbocycles. The van der Waals surface area contributed by atoms with Gasteiger partial charge in [-0.15, -0.1) is 0 Å². The molecular weight excluding hydrogens is 513 g/mol. The predicted molar refractivity (Wildman–Crippen MR) is 135 cm³/mol. The maximum Gasteiger partial charge on any atom is 0.418 e. The van der Waals surface area contributed by atoms with E-state index in [1.54, 1.807) is 26.0 Å². The summed E-state index contributed by atoms with van der Waals surface area (Å²) < 4.78 is 68.8. The van der Waals surface area contributed by atoms with Gasteiger partial charge >= 0.3 is 6.18 Å². The van der Waals surface area contributed by atoms with Crippen molar-refractivity contribution < 1.29 is 26.4 Å². The van der Waals surface area contributed by atoms with Crippen molar-refractivity contribution in [3.8, 4) is 0 Å². The molecule has 0 aliphatic carbocycles. The number of sulfonamides is 1. The Labute approximate surface area is 213 Å². The first kappa shape index (κ1) is 27.7. The molecule has 0 spiro atoms. The van der Waals surface area contributed by atoms with Gasteiger partial charge in [0, 0.05) is 11.6 Å². The van der Waals surface area contributed by atoms with Gasteiger partial charge < -0.3 is 5.32 Å². The van der Waals surface area contributed by atoms with Gasteiger partial charge in [-0.1, -0.05) is 59.6 Å². The fraction of sp³-hybridized carbons (Fsp3) is 0.269. The molecule has 0 saturated carbocycles. The quantitative estimate of drug-likeness (QED) is 0.374. The lowest BCUT2D eigenvalue weighted by Gasteiger charge is -2.24. The molecule has 0 radical (unpaired) electrons. The molecule has 3 rings (SSSR count). The predicted octanol–water partition coefficient (Wildman–Crippen LogP) is 6.16. The van der Waals surface area contributed by atoms with Crippen LogP contribution < -0.4 is 5.32 Å². The average molecular weight is 539 g/mol. The van der Waals surface area contributed by atoms with Crippen LogP contribution in [0.3, 0.4) is 0 Å². The number of halogens is 4. The number of aryl methyl sites for hydroxylation is 3. The number of rotatable bonds is 8. The van der Waals surface area contributed by atoms with Gasteiger partial charge in [-0.05, 0) is 62.1 Å². The van der Waals surface area contributed by atoms with Gasteiger partial charge in [-0.2, -0.15) is 17.5 Å². The Balaban J connectivity index is 1.94. The molecule has 0 aliphatic rings. The summed E-state index contributed by atoms with van der Waals surface area (Å²) in [5.74, 6) is -0.901. The minimum absolute atomic E-state index is 0.0424. The summed E-state index contributed by atoms with van der Waals surface area (Å²) >= 11 is 5.71. The fourth-order valence-corrected chi connectivity index (χ4v) is 6.08. The lowest BCUT2D eigenvalue weighted by Crippen LogP contribution is -2.40. The second-order valence-corrected chi connectivity index (χ2v) is 10.8. The van der Waals surface area contributed by atoms with Crippen LogP contribution in [-0.2, 0) is 27.4 Å². The van der Waals surface area contributed by atoms with E-state index in [0.29, 0.717) is 23.6 Å². The molecule has 1 amide bonds. The van der Waals surface area contributed by atoms with Crippen molar-refractivity contribution in [3.63, 3.8) is 0 Å². The largest absolute Gasteiger partial charge is 0.418 e. The summed E-state index contributed by atoms with van der Waals surface area (Å²) in [6.07, 6.45) is -4.45. The Bertz CT molecular complexity index is 1340. The number of benzene rings is 3. The molecule has 192 valence electrons. The number of nitrogens with zero attached hydrogens (tertiary/aromatic N) is 1. The van der Waals surface area contributed by atoms with Crippen LogP contribution >= 0.6 is 11.6 Å². The molecule has 3 aromatic rings. The second kappa shape index (κ2) is 11.0. The molecule has 0 heterocycles. The van der Waals surface area contributed by atoms with Crippen LogP contribution in [0.25, 0.3) is 0 Å². The van der Waals surface area contributed by atoms with Crippen molar-refractivity contribution in [2.45, 2.75) is 38.3 Å². The van der Waals surface area contributed by atoms with Crippen LogP contribution in [0.2, 0.25) is 5.02 Å². The topological polar surface area (TPSA) is 66.5 Å². The number of hydrogen-bond acceptors (Lipinski definition) is 3. The zero-order valence-electron chi connectivity index (χ0n) is 20.0. The Morgan fingerprint density at radius 3 is 2.17 bits per heavy atom. The van der Waals surface area contributed by atoms with Gasteiger partial charge in [0.05, 0.1) is 22.7 Å². The smallest absolute Gasteiger partial charge is 0.324 e. The zero-order valence-corrected chi connectivity index (χ0v) is 21.6. The molecule has 0 aliphatic heterocycles. The molecule has 0 unspecified atom stereocenters. The summed E-state index contributed by atoms with van der Waals surface area (Å²) in [5.41, 5.74) is 1.17. The normalized spacial score (nSPS) is 12.1. The first-order valence-corrected chi connectivity index (χ1v) is 12.9. The molecule has 0 bridgehead atoms. The molecule has 5 nitrogen and oxygen atoms in total. The molecule has 0 saturated heterocycles. The van der Waals surface area contributed by atoms with E-state index in [4.69, 9.17) is 11.6 Å². The van der Waals surface area contributed by atoms with Crippen molar-refractivity contribution in [3.05, 3.63) is 93.5 Å². The number of nitrogens with one attached hydrogen (secondary N) is 1. The van der Waals surface area contributed by atoms with E-state index in [1.807, 2.05) is 37.3 Å². The number of carbonyl (C=O) groups is 1. The Hall–Kier alpha value is -2.88. The van der Waals surface area contributed by atoms with Crippen LogP contribution in [0.1, 0.15) is 27.8 Å². The van der Waals surface area contributed by atoms with E-state index < -0.39 is 39.9 Å². The second-order valence-electron chi connectivity index (χ2n) is 8.54. The third-order valence-electron chi connectivity index (χ3n) is 5.58. The van der Waals surface area contributed by atoms with Gasteiger partial charge in [0.2, 0.25) is 15.9 Å². The molecule has 0 aromatic heterocycles. The lowest BCUT2D eigenvalue weighted by molar-refractivity contribution is -0.137. The van der Waals surface area contributed by atoms with Crippen molar-refractivity contribution in [2.75, 3.05) is 18.4 Å². The molecule has 36 heavy (non-hydrogen) atoms. The standard InChI is InChI=1S/C26H26ClF3N2O3S/c1-17-13-18(2)25(19(3)14-17)36(34,35)32(12-11-20-7-5-4-6-8-20)16-24(33)31-23-10-9-21(27)15-22(23)26(28,29)30/h4-10,13-15H,11-12,16H2,1-3H3,(H,31,33). The number of anilines is 1. The van der Waals surface area contributed by atoms with Crippen molar-refractivity contribution in [2.24, 2.45) is 0 Å². The Morgan fingerprint density at radius 1 is 0.972 bits per heavy atom. The first-order chi connectivity index (χ1) is 16.8. The molecular formula is C26H26ClF3N2O3S. The van der Waals surface area contributed by atoms with Gasteiger partial charge in [0.25, 0.3) is 0 Å². The van der Waals surface area contributed by atoms with E-state index in [-0.39, 0.29) is 16.5 Å². The highest BCUT2D eigenvalue weighted by atomic mass is 35.5. The third kappa shape index (κ3) is 6.66. The van der Waals surface area contributed by atoms with Crippen molar-refractivity contribution in [1.82, 2.24) is 4.31 Å². The minimum Gasteiger partial charge on any atom is -0.324 e. The minimum atomic E-state index is -4.76. The summed E-state index contributed by atoms with van der Waals surface area (Å²) in [7, 11) is -4.15. The van der Waals surface area contributed by atoms with Gasteiger partial charge in [0.1, 0.15) is 0 Å². The Kier molecular flexibility index (Phi) is 8.48. The van der Waals surface area contributed by atoms with Crippen LogP contribution in [-0.4, -0.2) is 31.7 Å². The van der Waals surface area contributed by atoms with Gasteiger partial charge in [-0.3, -0.25) is 4.79 Å². The lowest BCUT2D eigenvalue weighted by atomic mass is 10.1. The fourth-order valence-electron chi connectivity index (χ4n) is 4.10. The van der Waals surface area contributed by atoms with E-state index >= 15 is 0 Å². The number of alkyl halides is 3. The SMILES string of the molecule is Cc1cc(C)c(S(=O)(=O)N(CCc2ccccc2)CC(=O)Nc2ccc(Cl)cc2C(F)(F)F)c(C)c1. The third-order valence-corrected chi connectivity index (χ3v) is 7.96. The number of hydrogen-bond donors (Lipinski definition) is 1. The summed E-state index contributed by atoms with van der Waals surface area (Å²) in [6.45, 7) is 4.49. The van der Waals surface area contributed by atoms with Crippen LogP contribution in [0, 0.1) is 20.8 Å². The first-order valence-electron chi connectivity index (χ1n) is 11.1. The van der Waals surface area contributed by atoms with Gasteiger partial charge in [-0.25, -0.2) is 8.42 Å². The summed E-state index contributed by atoms with van der Waals surface area (Å²) in [6, 6.07) is 15.6. The molecule has 1 N–H and O–H groups in total. The van der Waals surface area contributed by atoms with Crippen molar-refractivity contribution >= 4 is 33.2 Å². The number of amides is 1. The average Bonchev–Trinajstić information content (AvgIpc) is 2.76. The van der Waals surface area contributed by atoms with Crippen LogP contribution in [0.15, 0.2) is 65.6 Å². The van der Waals surface area contributed by atoms with Crippen molar-refractivity contribution in [1.29, 1.82) is 0 Å². The maximum absolute atomic E-state index is 13.7. The van der Waals surface area contributed by atoms with Gasteiger partial charge in [0.15, 0.2) is 0 Å². The maximum atomic E-state index is 13.7. The van der Waals surface area contributed by atoms with E-state index in [2.05, 4.69) is 5.32 Å². The highest BCUT2D eigenvalue weighted by molar-refractivity contribution is 7.89. The highest BCUT2D eigenvalue weighted by Gasteiger charge is 2.35. The summed E-state index contributed by atoms with van der Waals surface area (Å²) in [4.78, 5) is 13.0. The van der Waals surface area contributed by atoms with Crippen LogP contribution in [0.5, 0.6) is 0 Å². The monoisotopic (exact) mass is 538 g/mol. The van der Waals surface area contributed by atoms with E-state index in [0.717, 1.165) is 21.5 Å². The summed E-state index contributed by atoms with van der Waals surface area (Å²) in [5, 5.41) is 2.07. The Morgan fingerprint density at radius 2 is 1.58 bits per heavy atom. The molecule has 10 heteroatoms. The van der Waals surface area contributed by atoms with E-state index in [9.17, 15) is 26.4 Å². The molecule has 0 atom stereocenters. The van der Waals surface area contributed by atoms with E-state index in [1.165, 1.54) is 6.07 Å².